The van der Waals surface area contributed by atoms with Gasteiger partial charge in [0.1, 0.15) is 10.7 Å². The predicted molar refractivity (Wildman–Crippen MR) is 119 cm³/mol. The number of aromatic nitrogens is 1. The van der Waals surface area contributed by atoms with Crippen LogP contribution in [0.2, 0.25) is 0 Å². The van der Waals surface area contributed by atoms with Gasteiger partial charge < -0.3 is 9.15 Å². The molecule has 4 aromatic rings. The second-order valence-electron chi connectivity index (χ2n) is 6.43. The minimum Gasteiger partial charge on any atom is -0.497 e. The molecule has 4 rings (SSSR count). The SMILES string of the molecule is COc1ccc2nc(N(/N=C\c3ccc([N+](=O)[O-])o3)C(=O)c3cccc([N+](=O)[O-])c3)sc2c1. The summed E-state index contributed by atoms with van der Waals surface area (Å²) in [6, 6.07) is 12.8. The number of rotatable bonds is 7. The molecule has 13 heteroatoms. The minimum absolute atomic E-state index is 0.00334. The first kappa shape index (κ1) is 21.6. The second-order valence-corrected chi connectivity index (χ2v) is 7.44. The number of thiazole rings is 1. The molecular formula is C20H13N5O7S. The largest absolute Gasteiger partial charge is 0.497 e. The van der Waals surface area contributed by atoms with Gasteiger partial charge in [0.05, 0.1) is 34.5 Å². The maximum Gasteiger partial charge on any atom is 0.433 e. The number of nitro benzene ring substituents is 1. The highest BCUT2D eigenvalue weighted by Gasteiger charge is 2.23. The van der Waals surface area contributed by atoms with Crippen molar-refractivity contribution in [2.45, 2.75) is 0 Å². The van der Waals surface area contributed by atoms with Crippen LogP contribution in [0.3, 0.4) is 0 Å². The third-order valence-corrected chi connectivity index (χ3v) is 5.35. The van der Waals surface area contributed by atoms with Gasteiger partial charge in [0.25, 0.3) is 11.6 Å². The van der Waals surface area contributed by atoms with E-state index in [2.05, 4.69) is 10.1 Å². The zero-order chi connectivity index (χ0) is 23.5. The van der Waals surface area contributed by atoms with E-state index in [-0.39, 0.29) is 22.1 Å². The number of carbonyl (C=O) groups is 1. The van der Waals surface area contributed by atoms with Gasteiger partial charge in [-0.25, -0.2) is 4.98 Å². The Morgan fingerprint density at radius 3 is 2.67 bits per heavy atom. The molecule has 0 aliphatic rings. The van der Waals surface area contributed by atoms with Crippen molar-refractivity contribution in [1.29, 1.82) is 0 Å². The maximum atomic E-state index is 13.2. The zero-order valence-electron chi connectivity index (χ0n) is 16.8. The molecule has 0 atom stereocenters. The first-order valence-electron chi connectivity index (χ1n) is 9.17. The average molecular weight is 467 g/mol. The molecular weight excluding hydrogens is 454 g/mol. The summed E-state index contributed by atoms with van der Waals surface area (Å²) in [5.74, 6) is -0.552. The van der Waals surface area contributed by atoms with E-state index in [1.54, 1.807) is 18.2 Å². The van der Waals surface area contributed by atoms with Gasteiger partial charge in [-0.05, 0) is 30.3 Å². The van der Waals surface area contributed by atoms with Crippen LogP contribution in [0.1, 0.15) is 16.1 Å². The van der Waals surface area contributed by atoms with Gasteiger partial charge in [0.15, 0.2) is 5.76 Å². The summed E-state index contributed by atoms with van der Waals surface area (Å²) in [4.78, 5) is 38.3. The van der Waals surface area contributed by atoms with E-state index in [1.165, 1.54) is 31.4 Å². The molecule has 0 spiro atoms. The van der Waals surface area contributed by atoms with Crippen molar-refractivity contribution >= 4 is 50.4 Å². The molecule has 0 fully saturated rings. The highest BCUT2D eigenvalue weighted by Crippen LogP contribution is 2.32. The highest BCUT2D eigenvalue weighted by atomic mass is 32.1. The van der Waals surface area contributed by atoms with Gasteiger partial charge in [0, 0.05) is 17.7 Å². The standard InChI is InChI=1S/C20H13N5O7S/c1-31-14-5-7-16-17(10-14)33-20(22-16)23(21-11-15-6-8-18(32-15)25(29)30)19(26)12-3-2-4-13(9-12)24(27)28/h2-11H,1H3/b21-11-. The lowest BCUT2D eigenvalue weighted by Gasteiger charge is -2.13. The van der Waals surface area contributed by atoms with Crippen molar-refractivity contribution in [3.63, 3.8) is 0 Å². The number of fused-ring (bicyclic) bond motifs is 1. The molecule has 33 heavy (non-hydrogen) atoms. The number of furan rings is 1. The monoisotopic (exact) mass is 467 g/mol. The van der Waals surface area contributed by atoms with Crippen LogP contribution in [0.15, 0.2) is 64.1 Å². The topological polar surface area (TPSA) is 154 Å². The number of amides is 1. The molecule has 0 saturated heterocycles. The molecule has 1 amide bonds. The Bertz CT molecular complexity index is 1410. The molecule has 0 unspecified atom stereocenters. The molecule has 2 aromatic carbocycles. The summed E-state index contributed by atoms with van der Waals surface area (Å²) in [5.41, 5.74) is 0.320. The van der Waals surface area contributed by atoms with Crippen molar-refractivity contribution in [3.05, 3.63) is 86.1 Å². The summed E-state index contributed by atoms with van der Waals surface area (Å²) >= 11 is 1.14. The Morgan fingerprint density at radius 1 is 1.15 bits per heavy atom. The summed E-state index contributed by atoms with van der Waals surface area (Å²) in [6.45, 7) is 0. The van der Waals surface area contributed by atoms with Gasteiger partial charge in [-0.15, -0.1) is 0 Å². The Hall–Kier alpha value is -4.65. The van der Waals surface area contributed by atoms with Crippen LogP contribution >= 0.6 is 11.3 Å². The van der Waals surface area contributed by atoms with E-state index >= 15 is 0 Å². The first-order valence-corrected chi connectivity index (χ1v) is 9.99. The normalized spacial score (nSPS) is 11.1. The van der Waals surface area contributed by atoms with Crippen molar-refractivity contribution in [3.8, 4) is 5.75 Å². The van der Waals surface area contributed by atoms with Gasteiger partial charge in [-0.1, -0.05) is 17.4 Å². The van der Waals surface area contributed by atoms with E-state index in [0.29, 0.717) is 16.0 Å². The van der Waals surface area contributed by atoms with Gasteiger partial charge >= 0.3 is 5.88 Å². The molecule has 0 aliphatic heterocycles. The number of hydrogen-bond donors (Lipinski definition) is 0. The van der Waals surface area contributed by atoms with Crippen LogP contribution in [0.25, 0.3) is 10.2 Å². The van der Waals surface area contributed by atoms with E-state index in [9.17, 15) is 25.0 Å². The van der Waals surface area contributed by atoms with Crippen molar-refractivity contribution in [2.24, 2.45) is 5.10 Å². The number of benzene rings is 2. The van der Waals surface area contributed by atoms with E-state index < -0.39 is 21.6 Å². The molecule has 2 aromatic heterocycles. The predicted octanol–water partition coefficient (Wildman–Crippen LogP) is 4.40. The van der Waals surface area contributed by atoms with Crippen LogP contribution in [-0.2, 0) is 0 Å². The summed E-state index contributed by atoms with van der Waals surface area (Å²) in [6.07, 6.45) is 1.12. The smallest absolute Gasteiger partial charge is 0.433 e. The number of nitro groups is 2. The molecule has 2 heterocycles. The Morgan fingerprint density at radius 2 is 1.97 bits per heavy atom. The molecule has 0 N–H and O–H groups in total. The number of anilines is 1. The summed E-state index contributed by atoms with van der Waals surface area (Å²) < 4.78 is 11.0. The minimum atomic E-state index is -0.704. The number of methoxy groups -OCH3 is 1. The van der Waals surface area contributed by atoms with Crippen molar-refractivity contribution in [1.82, 2.24) is 4.98 Å². The number of ether oxygens (including phenoxy) is 1. The van der Waals surface area contributed by atoms with Gasteiger partial charge in [-0.2, -0.15) is 10.1 Å². The van der Waals surface area contributed by atoms with Crippen molar-refractivity contribution < 1.29 is 23.8 Å². The zero-order valence-corrected chi connectivity index (χ0v) is 17.6. The van der Waals surface area contributed by atoms with Crippen LogP contribution in [0.5, 0.6) is 5.75 Å². The third kappa shape index (κ3) is 4.52. The number of hydrazone groups is 1. The Kier molecular flexibility index (Phi) is 5.78. The highest BCUT2D eigenvalue weighted by molar-refractivity contribution is 7.22. The van der Waals surface area contributed by atoms with Gasteiger partial charge in [0.2, 0.25) is 5.13 Å². The second kappa shape index (κ2) is 8.84. The quantitative estimate of drug-likeness (QED) is 0.220. The number of carbonyl (C=O) groups excluding carboxylic acids is 1. The van der Waals surface area contributed by atoms with Crippen LogP contribution in [-0.4, -0.2) is 34.1 Å². The molecule has 166 valence electrons. The fourth-order valence-corrected chi connectivity index (χ4v) is 3.75. The molecule has 0 aliphatic carbocycles. The van der Waals surface area contributed by atoms with Crippen molar-refractivity contribution in [2.75, 3.05) is 12.1 Å². The average Bonchev–Trinajstić information content (AvgIpc) is 3.46. The third-order valence-electron chi connectivity index (χ3n) is 4.35. The fraction of sp³-hybridized carbons (Fsp3) is 0.0500. The molecule has 12 nitrogen and oxygen atoms in total. The molecule has 0 radical (unpaired) electrons. The lowest BCUT2D eigenvalue weighted by molar-refractivity contribution is -0.402. The lowest BCUT2D eigenvalue weighted by atomic mass is 10.2. The van der Waals surface area contributed by atoms with Gasteiger partial charge in [-0.3, -0.25) is 25.0 Å². The number of nitrogens with zero attached hydrogens (tertiary/aromatic N) is 5. The summed E-state index contributed by atoms with van der Waals surface area (Å²) in [7, 11) is 1.52. The molecule has 0 saturated carbocycles. The van der Waals surface area contributed by atoms with Crippen LogP contribution in [0, 0.1) is 20.2 Å². The lowest BCUT2D eigenvalue weighted by Crippen LogP contribution is -2.25. The number of non-ortho nitro benzene ring substituents is 1. The molecule has 0 bridgehead atoms. The Balaban J connectivity index is 1.76. The van der Waals surface area contributed by atoms with E-state index in [1.807, 2.05) is 0 Å². The van der Waals surface area contributed by atoms with E-state index in [4.69, 9.17) is 9.15 Å². The fourth-order valence-electron chi connectivity index (χ4n) is 2.80. The first-order chi connectivity index (χ1) is 15.9. The summed E-state index contributed by atoms with van der Waals surface area (Å²) in [5, 5.41) is 27.2. The van der Waals surface area contributed by atoms with Crippen LogP contribution < -0.4 is 9.75 Å². The van der Waals surface area contributed by atoms with E-state index in [0.717, 1.165) is 34.7 Å². The van der Waals surface area contributed by atoms with Crippen LogP contribution in [0.4, 0.5) is 16.7 Å². The number of hydrogen-bond acceptors (Lipinski definition) is 10. The maximum absolute atomic E-state index is 13.2. The Labute approximate surface area is 188 Å².